The molecular weight excluding hydrogens is 329 g/mol. The van der Waals surface area contributed by atoms with Gasteiger partial charge in [-0.25, -0.2) is 9.78 Å². The first kappa shape index (κ1) is 16.3. The molecule has 1 aliphatic rings. The van der Waals surface area contributed by atoms with Crippen molar-refractivity contribution < 1.29 is 35.7 Å². The Labute approximate surface area is 123 Å². The molecule has 11 heteroatoms. The second kappa shape index (κ2) is 5.30. The number of alkyl halides is 3. The van der Waals surface area contributed by atoms with E-state index in [2.05, 4.69) is 9.17 Å². The number of fused-ring (bicyclic) bond motifs is 1. The van der Waals surface area contributed by atoms with E-state index in [1.54, 1.807) is 6.92 Å². The van der Waals surface area contributed by atoms with Gasteiger partial charge in [-0.3, -0.25) is 0 Å². The van der Waals surface area contributed by atoms with Crippen LogP contribution in [0.4, 0.5) is 18.0 Å². The van der Waals surface area contributed by atoms with Crippen molar-refractivity contribution in [3.63, 3.8) is 0 Å². The number of nitrogens with zero attached hydrogens (tertiary/aromatic N) is 2. The van der Waals surface area contributed by atoms with Crippen LogP contribution in [-0.4, -0.2) is 41.6 Å². The Morgan fingerprint density at radius 3 is 2.68 bits per heavy atom. The molecule has 0 radical (unpaired) electrons. The zero-order valence-electron chi connectivity index (χ0n) is 11.2. The molecule has 0 bridgehead atoms. The maximum absolute atomic E-state index is 12.2. The van der Waals surface area contributed by atoms with Gasteiger partial charge in [-0.2, -0.15) is 21.6 Å². The summed E-state index contributed by atoms with van der Waals surface area (Å²) in [5.74, 6) is -0.702. The molecule has 7 nitrogen and oxygen atoms in total. The molecule has 0 fully saturated rings. The van der Waals surface area contributed by atoms with Gasteiger partial charge in [-0.15, -0.1) is 0 Å². The number of halogens is 3. The highest BCUT2D eigenvalue weighted by Crippen LogP contribution is 2.32. The minimum absolute atomic E-state index is 0.138. The molecule has 1 unspecified atom stereocenters. The SMILES string of the molecule is CC1c2cnc(OS(=O)(=O)C(F)(F)F)cc2CCN1C(=O)O. The van der Waals surface area contributed by atoms with Gasteiger partial charge in [0.25, 0.3) is 0 Å². The predicted octanol–water partition coefficient (Wildman–Crippen LogP) is 1.91. The van der Waals surface area contributed by atoms with E-state index in [9.17, 15) is 26.4 Å². The third kappa shape index (κ3) is 2.93. The molecule has 0 aromatic carbocycles. The lowest BCUT2D eigenvalue weighted by molar-refractivity contribution is -0.0501. The van der Waals surface area contributed by atoms with E-state index >= 15 is 0 Å². The minimum Gasteiger partial charge on any atom is -0.465 e. The summed E-state index contributed by atoms with van der Waals surface area (Å²) in [4.78, 5) is 15.7. The van der Waals surface area contributed by atoms with Crippen LogP contribution in [0.15, 0.2) is 12.3 Å². The van der Waals surface area contributed by atoms with Gasteiger partial charge in [-0.05, 0) is 24.5 Å². The van der Waals surface area contributed by atoms with Gasteiger partial charge in [0, 0.05) is 18.8 Å². The van der Waals surface area contributed by atoms with E-state index in [0.717, 1.165) is 17.2 Å². The molecule has 0 saturated heterocycles. The van der Waals surface area contributed by atoms with Crippen molar-refractivity contribution in [2.45, 2.75) is 24.9 Å². The molecule has 1 aliphatic heterocycles. The van der Waals surface area contributed by atoms with Crippen LogP contribution in [0.1, 0.15) is 24.1 Å². The highest BCUT2D eigenvalue weighted by Gasteiger charge is 2.49. The first-order chi connectivity index (χ1) is 10.0. The number of aromatic nitrogens is 1. The zero-order valence-corrected chi connectivity index (χ0v) is 12.0. The first-order valence-corrected chi connectivity index (χ1v) is 7.43. The number of rotatable bonds is 2. The van der Waals surface area contributed by atoms with Crippen molar-refractivity contribution >= 4 is 16.2 Å². The van der Waals surface area contributed by atoms with Gasteiger partial charge in [-0.1, -0.05) is 0 Å². The molecule has 0 saturated carbocycles. The van der Waals surface area contributed by atoms with Crippen LogP contribution in [0.5, 0.6) is 5.88 Å². The maximum atomic E-state index is 12.2. The van der Waals surface area contributed by atoms with E-state index in [4.69, 9.17) is 5.11 Å². The highest BCUT2D eigenvalue weighted by molar-refractivity contribution is 7.87. The Morgan fingerprint density at radius 1 is 1.50 bits per heavy atom. The van der Waals surface area contributed by atoms with E-state index in [-0.39, 0.29) is 13.0 Å². The Balaban J connectivity index is 2.30. The lowest BCUT2D eigenvalue weighted by Gasteiger charge is -2.32. The largest absolute Gasteiger partial charge is 0.534 e. The fourth-order valence-corrected chi connectivity index (χ4v) is 2.56. The predicted molar refractivity (Wildman–Crippen MR) is 66.7 cm³/mol. The fraction of sp³-hybridized carbons (Fsp3) is 0.455. The van der Waals surface area contributed by atoms with Gasteiger partial charge in [0.1, 0.15) is 0 Å². The van der Waals surface area contributed by atoms with E-state index in [1.807, 2.05) is 0 Å². The molecule has 1 aromatic heterocycles. The summed E-state index contributed by atoms with van der Waals surface area (Å²) in [5, 5.41) is 9.01. The van der Waals surface area contributed by atoms with Gasteiger partial charge < -0.3 is 14.2 Å². The van der Waals surface area contributed by atoms with Gasteiger partial charge >= 0.3 is 21.7 Å². The monoisotopic (exact) mass is 340 g/mol. The van der Waals surface area contributed by atoms with E-state index < -0.39 is 33.6 Å². The smallest absolute Gasteiger partial charge is 0.465 e. The second-order valence-corrected chi connectivity index (χ2v) is 6.14. The Morgan fingerprint density at radius 2 is 2.14 bits per heavy atom. The second-order valence-electron chi connectivity index (χ2n) is 4.61. The normalized spacial score (nSPS) is 18.7. The third-order valence-electron chi connectivity index (χ3n) is 3.26. The van der Waals surface area contributed by atoms with Gasteiger partial charge in [0.2, 0.25) is 5.88 Å². The number of hydrogen-bond donors (Lipinski definition) is 1. The lowest BCUT2D eigenvalue weighted by Crippen LogP contribution is -2.38. The van der Waals surface area contributed by atoms with Crippen molar-refractivity contribution in [2.75, 3.05) is 6.54 Å². The summed E-state index contributed by atoms with van der Waals surface area (Å²) in [6.07, 6.45) is 0.214. The minimum atomic E-state index is -5.78. The number of amides is 1. The maximum Gasteiger partial charge on any atom is 0.534 e. The quantitative estimate of drug-likeness (QED) is 0.652. The van der Waals surface area contributed by atoms with Crippen LogP contribution in [0, 0.1) is 0 Å². The summed E-state index contributed by atoms with van der Waals surface area (Å²) in [5.41, 5.74) is -4.56. The molecular formula is C11H11F3N2O5S. The Bertz CT molecular complexity index is 704. The molecule has 1 atom stereocenters. The summed E-state index contributed by atoms with van der Waals surface area (Å²) >= 11 is 0. The van der Waals surface area contributed by atoms with Gasteiger partial charge in [0.15, 0.2) is 0 Å². The van der Waals surface area contributed by atoms with Crippen molar-refractivity contribution in [1.29, 1.82) is 0 Å². The third-order valence-corrected chi connectivity index (χ3v) is 4.22. The molecule has 1 N–H and O–H groups in total. The van der Waals surface area contributed by atoms with E-state index in [0.29, 0.717) is 11.1 Å². The Kier molecular flexibility index (Phi) is 3.94. The average Bonchev–Trinajstić information content (AvgIpc) is 2.36. The standard InChI is InChI=1S/C11H11F3N2O5S/c1-6-8-5-15-9(21-22(19,20)11(12,13)14)4-7(8)2-3-16(6)10(17)18/h4-6H,2-3H2,1H3,(H,17,18). The van der Waals surface area contributed by atoms with Crippen LogP contribution in [0.25, 0.3) is 0 Å². The molecule has 0 spiro atoms. The van der Waals surface area contributed by atoms with Crippen molar-refractivity contribution in [2.24, 2.45) is 0 Å². The van der Waals surface area contributed by atoms with E-state index in [1.165, 1.54) is 0 Å². The number of hydrogen-bond acceptors (Lipinski definition) is 5. The summed E-state index contributed by atoms with van der Waals surface area (Å²) < 4.78 is 62.5. The number of pyridine rings is 1. The van der Waals surface area contributed by atoms with Gasteiger partial charge in [0.05, 0.1) is 6.04 Å². The van der Waals surface area contributed by atoms with Crippen LogP contribution in [0.2, 0.25) is 0 Å². The first-order valence-electron chi connectivity index (χ1n) is 6.02. The Hall–Kier alpha value is -2.04. The van der Waals surface area contributed by atoms with Crippen LogP contribution in [0.3, 0.4) is 0 Å². The molecule has 1 amide bonds. The molecule has 0 aliphatic carbocycles. The van der Waals surface area contributed by atoms with Crippen LogP contribution >= 0.6 is 0 Å². The highest BCUT2D eigenvalue weighted by atomic mass is 32.2. The summed E-state index contributed by atoms with van der Waals surface area (Å²) in [6.45, 7) is 1.74. The number of carbonyl (C=O) groups is 1. The van der Waals surface area contributed by atoms with Crippen LogP contribution < -0.4 is 4.18 Å². The molecule has 22 heavy (non-hydrogen) atoms. The molecule has 2 heterocycles. The fourth-order valence-electron chi connectivity index (χ4n) is 2.15. The average molecular weight is 340 g/mol. The molecule has 2 rings (SSSR count). The van der Waals surface area contributed by atoms with Crippen molar-refractivity contribution in [1.82, 2.24) is 9.88 Å². The topological polar surface area (TPSA) is 96.8 Å². The molecule has 1 aromatic rings. The zero-order chi connectivity index (χ0) is 16.7. The number of carboxylic acid groups (broad SMARTS) is 1. The van der Waals surface area contributed by atoms with Crippen LogP contribution in [-0.2, 0) is 16.5 Å². The van der Waals surface area contributed by atoms with Crippen molar-refractivity contribution in [3.05, 3.63) is 23.4 Å². The molecule has 122 valence electrons. The van der Waals surface area contributed by atoms with Crippen molar-refractivity contribution in [3.8, 4) is 5.88 Å². The summed E-state index contributed by atoms with van der Waals surface area (Å²) in [7, 11) is -5.78. The summed E-state index contributed by atoms with van der Waals surface area (Å²) in [6, 6.07) is 0.538. The lowest BCUT2D eigenvalue weighted by atomic mass is 9.96.